The molecule has 3 heterocycles. The summed E-state index contributed by atoms with van der Waals surface area (Å²) >= 11 is 0. The summed E-state index contributed by atoms with van der Waals surface area (Å²) in [5, 5.41) is 20.1. The highest BCUT2D eigenvalue weighted by molar-refractivity contribution is 7.46. The van der Waals surface area contributed by atoms with Crippen LogP contribution in [0.2, 0.25) is 0 Å². The molecule has 0 unspecified atom stereocenters. The zero-order chi connectivity index (χ0) is 18.5. The topological polar surface area (TPSA) is 189 Å². The largest absolute Gasteiger partial charge is 0.469 e. The Bertz CT molecular complexity index is 959. The van der Waals surface area contributed by atoms with E-state index in [1.54, 1.807) is 0 Å². The van der Waals surface area contributed by atoms with Gasteiger partial charge >= 0.3 is 13.5 Å². The minimum atomic E-state index is -4.79. The first-order valence-electron chi connectivity index (χ1n) is 6.97. The average Bonchev–Trinajstić information content (AvgIpc) is 3.05. The van der Waals surface area contributed by atoms with Crippen molar-refractivity contribution in [2.75, 3.05) is 6.61 Å². The van der Waals surface area contributed by atoms with Crippen LogP contribution in [0.5, 0.6) is 0 Å². The molecule has 0 saturated carbocycles. The number of H-pyrrole nitrogens is 1. The molecule has 2 aromatic rings. The normalized spacial score (nSPS) is 27.2. The number of hydrogen-bond donors (Lipinski definition) is 5. The second-order valence-corrected chi connectivity index (χ2v) is 6.72. The van der Waals surface area contributed by atoms with Crippen LogP contribution in [0, 0.1) is 0 Å². The van der Waals surface area contributed by atoms with Crippen molar-refractivity contribution in [3.8, 4) is 0 Å². The SMILES string of the molecule is Cn1c(=O)[nH]c2c(ncn2[C@@H]2O[C@H](COP(=O)(O)O)[C@@H](O)[C@H]2O)c1=O. The molecule has 3 rings (SSSR count). The molecule has 5 N–H and O–H groups in total. The number of fused-ring (bicyclic) bond motifs is 1. The lowest BCUT2D eigenvalue weighted by molar-refractivity contribution is -0.0504. The molecule has 13 nitrogen and oxygen atoms in total. The minimum absolute atomic E-state index is 0.0269. The lowest BCUT2D eigenvalue weighted by Gasteiger charge is -2.16. The fraction of sp³-hybridized carbons (Fsp3) is 0.545. The number of phosphoric acid groups is 1. The van der Waals surface area contributed by atoms with Crippen molar-refractivity contribution >= 4 is 19.0 Å². The molecule has 0 spiro atoms. The number of aromatic nitrogens is 4. The Hall–Kier alpha value is -1.86. The summed E-state index contributed by atoms with van der Waals surface area (Å²) in [5.74, 6) is 0. The maximum atomic E-state index is 12.0. The molecule has 1 saturated heterocycles. The Balaban J connectivity index is 1.95. The molecule has 138 valence electrons. The Morgan fingerprint density at radius 3 is 2.68 bits per heavy atom. The van der Waals surface area contributed by atoms with Crippen molar-refractivity contribution in [1.29, 1.82) is 0 Å². The summed E-state index contributed by atoms with van der Waals surface area (Å²) in [5.41, 5.74) is -1.48. The van der Waals surface area contributed by atoms with E-state index in [0.29, 0.717) is 0 Å². The highest BCUT2D eigenvalue weighted by Gasteiger charge is 2.45. The van der Waals surface area contributed by atoms with Gasteiger partial charge in [0.25, 0.3) is 5.56 Å². The number of aliphatic hydroxyl groups excluding tert-OH is 2. The van der Waals surface area contributed by atoms with Crippen LogP contribution in [0.25, 0.3) is 11.2 Å². The summed E-state index contributed by atoms with van der Waals surface area (Å²) in [6.45, 7) is -0.677. The first-order chi connectivity index (χ1) is 11.6. The number of imidazole rings is 1. The van der Waals surface area contributed by atoms with E-state index in [4.69, 9.17) is 14.5 Å². The van der Waals surface area contributed by atoms with Crippen LogP contribution in [0.15, 0.2) is 15.9 Å². The lowest BCUT2D eigenvalue weighted by atomic mass is 10.1. The van der Waals surface area contributed by atoms with Gasteiger partial charge in [-0.05, 0) is 0 Å². The second-order valence-electron chi connectivity index (χ2n) is 5.48. The monoisotopic (exact) mass is 378 g/mol. The fourth-order valence-electron chi connectivity index (χ4n) is 2.54. The Kier molecular flexibility index (Phi) is 4.41. The van der Waals surface area contributed by atoms with Gasteiger partial charge in [0.15, 0.2) is 11.7 Å². The van der Waals surface area contributed by atoms with Gasteiger partial charge in [0, 0.05) is 7.05 Å². The molecule has 1 aliphatic rings. The first kappa shape index (κ1) is 17.9. The van der Waals surface area contributed by atoms with Crippen molar-refractivity contribution in [3.63, 3.8) is 0 Å². The maximum absolute atomic E-state index is 12.0. The van der Waals surface area contributed by atoms with E-state index in [1.807, 2.05) is 0 Å². The van der Waals surface area contributed by atoms with Gasteiger partial charge in [-0.15, -0.1) is 0 Å². The molecular formula is C11H15N4O9P. The molecule has 1 aliphatic heterocycles. The number of nitrogens with one attached hydrogen (secondary N) is 1. The van der Waals surface area contributed by atoms with E-state index in [-0.39, 0.29) is 11.2 Å². The standard InChI is InChI=1S/C11H15N4O9P/c1-14-9(18)5-8(13-11(14)19)15(3-12-5)10-7(17)6(16)4(24-10)2-23-25(20,21)22/h3-4,6-7,10,16-17H,2H2,1H3,(H,13,19)(H2,20,21,22)/t4-,6-,7-,10-/m1/s1. The number of hydrogen-bond acceptors (Lipinski definition) is 8. The third kappa shape index (κ3) is 3.18. The number of aromatic amines is 1. The van der Waals surface area contributed by atoms with E-state index in [1.165, 1.54) is 7.05 Å². The molecule has 0 aliphatic carbocycles. The number of nitrogens with zero attached hydrogens (tertiary/aromatic N) is 3. The van der Waals surface area contributed by atoms with Gasteiger partial charge in [0.1, 0.15) is 24.0 Å². The van der Waals surface area contributed by atoms with Gasteiger partial charge in [-0.25, -0.2) is 14.3 Å². The van der Waals surface area contributed by atoms with Crippen LogP contribution in [0.4, 0.5) is 0 Å². The van der Waals surface area contributed by atoms with Gasteiger partial charge in [-0.3, -0.25) is 23.4 Å². The number of aliphatic hydroxyl groups is 2. The first-order valence-corrected chi connectivity index (χ1v) is 8.50. The maximum Gasteiger partial charge on any atom is 0.469 e. The van der Waals surface area contributed by atoms with Crippen LogP contribution < -0.4 is 11.2 Å². The number of ether oxygens (including phenoxy) is 1. The Labute approximate surface area is 138 Å². The van der Waals surface area contributed by atoms with Crippen molar-refractivity contribution in [2.45, 2.75) is 24.5 Å². The fourth-order valence-corrected chi connectivity index (χ4v) is 2.88. The smallest absolute Gasteiger partial charge is 0.387 e. The van der Waals surface area contributed by atoms with Crippen molar-refractivity contribution in [3.05, 3.63) is 27.2 Å². The molecule has 2 aromatic heterocycles. The zero-order valence-electron chi connectivity index (χ0n) is 12.7. The molecule has 1 fully saturated rings. The number of phosphoric ester groups is 1. The molecule has 0 aromatic carbocycles. The highest BCUT2D eigenvalue weighted by Crippen LogP contribution is 2.38. The van der Waals surface area contributed by atoms with E-state index in [0.717, 1.165) is 15.5 Å². The molecule has 0 amide bonds. The average molecular weight is 378 g/mol. The molecule has 4 atom stereocenters. The molecular weight excluding hydrogens is 363 g/mol. The van der Waals surface area contributed by atoms with Gasteiger partial charge in [-0.2, -0.15) is 0 Å². The highest BCUT2D eigenvalue weighted by atomic mass is 31.2. The predicted molar refractivity (Wildman–Crippen MR) is 79.5 cm³/mol. The molecule has 25 heavy (non-hydrogen) atoms. The Morgan fingerprint density at radius 1 is 1.36 bits per heavy atom. The van der Waals surface area contributed by atoms with E-state index in [9.17, 15) is 24.4 Å². The predicted octanol–water partition coefficient (Wildman–Crippen LogP) is -2.85. The molecule has 14 heteroatoms. The molecule has 0 radical (unpaired) electrons. The van der Waals surface area contributed by atoms with E-state index >= 15 is 0 Å². The quantitative estimate of drug-likeness (QED) is 0.346. The summed E-state index contributed by atoms with van der Waals surface area (Å²) in [6.07, 6.45) is -4.41. The van der Waals surface area contributed by atoms with Gasteiger partial charge in [-0.1, -0.05) is 0 Å². The summed E-state index contributed by atoms with van der Waals surface area (Å²) in [6, 6.07) is 0. The number of rotatable bonds is 4. The van der Waals surface area contributed by atoms with Gasteiger partial charge in [0.05, 0.1) is 12.9 Å². The van der Waals surface area contributed by atoms with Crippen LogP contribution in [0.3, 0.4) is 0 Å². The summed E-state index contributed by atoms with van der Waals surface area (Å²) < 4.78 is 22.3. The zero-order valence-corrected chi connectivity index (χ0v) is 13.6. The van der Waals surface area contributed by atoms with Crippen molar-refractivity contribution in [1.82, 2.24) is 19.1 Å². The van der Waals surface area contributed by atoms with Crippen molar-refractivity contribution < 1.29 is 33.8 Å². The summed E-state index contributed by atoms with van der Waals surface area (Å²) in [7, 11) is -3.52. The third-order valence-electron chi connectivity index (χ3n) is 3.85. The second kappa shape index (κ2) is 6.14. The van der Waals surface area contributed by atoms with Crippen LogP contribution >= 0.6 is 7.82 Å². The van der Waals surface area contributed by atoms with Crippen LogP contribution in [-0.4, -0.2) is 64.0 Å². The Morgan fingerprint density at radius 2 is 2.04 bits per heavy atom. The van der Waals surface area contributed by atoms with E-state index in [2.05, 4.69) is 14.5 Å². The minimum Gasteiger partial charge on any atom is -0.387 e. The van der Waals surface area contributed by atoms with Crippen molar-refractivity contribution in [2.24, 2.45) is 7.05 Å². The van der Waals surface area contributed by atoms with Crippen LogP contribution in [-0.2, 0) is 20.9 Å². The van der Waals surface area contributed by atoms with E-state index < -0.39 is 50.2 Å². The third-order valence-corrected chi connectivity index (χ3v) is 4.33. The lowest BCUT2D eigenvalue weighted by Crippen LogP contribution is -2.34. The summed E-state index contributed by atoms with van der Waals surface area (Å²) in [4.78, 5) is 47.4. The van der Waals surface area contributed by atoms with Gasteiger partial charge in [0.2, 0.25) is 0 Å². The van der Waals surface area contributed by atoms with Crippen LogP contribution in [0.1, 0.15) is 6.23 Å². The van der Waals surface area contributed by atoms with Gasteiger partial charge < -0.3 is 24.7 Å². The molecule has 0 bridgehead atoms.